The van der Waals surface area contributed by atoms with Crippen molar-refractivity contribution in [3.05, 3.63) is 35.4 Å². The van der Waals surface area contributed by atoms with Gasteiger partial charge in [-0.3, -0.25) is 9.80 Å². The quantitative estimate of drug-likeness (QED) is 0.789. The Balaban J connectivity index is 1.65. The van der Waals surface area contributed by atoms with Crippen LogP contribution in [0.1, 0.15) is 30.4 Å². The van der Waals surface area contributed by atoms with Gasteiger partial charge in [-0.25, -0.2) is 0 Å². The van der Waals surface area contributed by atoms with Gasteiger partial charge in [0.15, 0.2) is 0 Å². The average molecular weight is 244 g/mol. The molecular formula is C16H24N2. The molecule has 0 radical (unpaired) electrons. The summed E-state index contributed by atoms with van der Waals surface area (Å²) in [5, 5.41) is 0. The van der Waals surface area contributed by atoms with E-state index in [9.17, 15) is 0 Å². The maximum absolute atomic E-state index is 2.70. The smallest absolute Gasteiger partial charge is 0.0234 e. The van der Waals surface area contributed by atoms with Crippen LogP contribution in [0, 0.1) is 6.92 Å². The van der Waals surface area contributed by atoms with Crippen LogP contribution in [0.4, 0.5) is 0 Å². The predicted octanol–water partition coefficient (Wildman–Crippen LogP) is 2.67. The number of hydrogen-bond acceptors (Lipinski definition) is 2. The SMILES string of the molecule is Cc1cccc(CN2CCCN3CCCC3C2)c1. The van der Waals surface area contributed by atoms with Crippen LogP contribution in [0.2, 0.25) is 0 Å². The molecule has 2 aliphatic rings. The number of fused-ring (bicyclic) bond motifs is 1. The normalized spacial score (nSPS) is 25.9. The maximum atomic E-state index is 2.70. The number of hydrogen-bond donors (Lipinski definition) is 0. The fourth-order valence-corrected chi connectivity index (χ4v) is 3.50. The number of benzene rings is 1. The Labute approximate surface area is 111 Å². The molecule has 0 aromatic heterocycles. The zero-order valence-electron chi connectivity index (χ0n) is 11.4. The molecule has 2 saturated heterocycles. The lowest BCUT2D eigenvalue weighted by atomic mass is 10.1. The number of aryl methyl sites for hydroxylation is 1. The number of nitrogens with zero attached hydrogens (tertiary/aromatic N) is 2. The summed E-state index contributed by atoms with van der Waals surface area (Å²) in [6.45, 7) is 8.50. The first-order valence-corrected chi connectivity index (χ1v) is 7.33. The van der Waals surface area contributed by atoms with Gasteiger partial charge in [0.2, 0.25) is 0 Å². The van der Waals surface area contributed by atoms with Crippen LogP contribution in [0.15, 0.2) is 24.3 Å². The first-order chi connectivity index (χ1) is 8.81. The zero-order chi connectivity index (χ0) is 12.4. The second kappa shape index (κ2) is 5.41. The second-order valence-corrected chi connectivity index (χ2v) is 5.91. The van der Waals surface area contributed by atoms with E-state index in [0.717, 1.165) is 12.6 Å². The third-order valence-electron chi connectivity index (χ3n) is 4.38. The highest BCUT2D eigenvalue weighted by Gasteiger charge is 2.28. The Hall–Kier alpha value is -0.860. The Morgan fingerprint density at radius 2 is 2.06 bits per heavy atom. The van der Waals surface area contributed by atoms with Crippen molar-refractivity contribution in [2.24, 2.45) is 0 Å². The van der Waals surface area contributed by atoms with Crippen LogP contribution in [-0.2, 0) is 6.54 Å². The molecule has 2 aliphatic heterocycles. The van der Waals surface area contributed by atoms with Gasteiger partial charge in [0, 0.05) is 19.1 Å². The van der Waals surface area contributed by atoms with Gasteiger partial charge in [0.25, 0.3) is 0 Å². The Morgan fingerprint density at radius 3 is 2.94 bits per heavy atom. The molecule has 1 aromatic rings. The summed E-state index contributed by atoms with van der Waals surface area (Å²) < 4.78 is 0. The van der Waals surface area contributed by atoms with Crippen LogP contribution in [-0.4, -0.2) is 42.0 Å². The molecule has 1 unspecified atom stereocenters. The monoisotopic (exact) mass is 244 g/mol. The molecule has 0 bridgehead atoms. The molecule has 1 aromatic carbocycles. The van der Waals surface area contributed by atoms with Gasteiger partial charge in [-0.15, -0.1) is 0 Å². The van der Waals surface area contributed by atoms with Crippen molar-refractivity contribution in [1.82, 2.24) is 9.80 Å². The summed E-state index contributed by atoms with van der Waals surface area (Å²) in [4.78, 5) is 5.36. The molecule has 0 spiro atoms. The summed E-state index contributed by atoms with van der Waals surface area (Å²) >= 11 is 0. The van der Waals surface area contributed by atoms with Gasteiger partial charge in [-0.2, -0.15) is 0 Å². The summed E-state index contributed by atoms with van der Waals surface area (Å²) in [6.07, 6.45) is 4.15. The van der Waals surface area contributed by atoms with E-state index >= 15 is 0 Å². The third kappa shape index (κ3) is 2.76. The Morgan fingerprint density at radius 1 is 1.17 bits per heavy atom. The molecule has 3 rings (SSSR count). The molecule has 2 fully saturated rings. The minimum atomic E-state index is 0.831. The third-order valence-corrected chi connectivity index (χ3v) is 4.38. The fraction of sp³-hybridized carbons (Fsp3) is 0.625. The average Bonchev–Trinajstić information content (AvgIpc) is 2.69. The minimum absolute atomic E-state index is 0.831. The van der Waals surface area contributed by atoms with E-state index in [2.05, 4.69) is 41.0 Å². The minimum Gasteiger partial charge on any atom is -0.299 e. The Kier molecular flexibility index (Phi) is 3.67. The van der Waals surface area contributed by atoms with Crippen molar-refractivity contribution in [1.29, 1.82) is 0 Å². The van der Waals surface area contributed by atoms with E-state index in [4.69, 9.17) is 0 Å². The van der Waals surface area contributed by atoms with Crippen molar-refractivity contribution >= 4 is 0 Å². The molecule has 0 aliphatic carbocycles. The van der Waals surface area contributed by atoms with Crippen LogP contribution in [0.5, 0.6) is 0 Å². The highest BCUT2D eigenvalue weighted by atomic mass is 15.3. The summed E-state index contributed by atoms with van der Waals surface area (Å²) in [6, 6.07) is 9.80. The molecular weight excluding hydrogens is 220 g/mol. The van der Waals surface area contributed by atoms with Crippen LogP contribution < -0.4 is 0 Å². The van der Waals surface area contributed by atoms with Gasteiger partial charge in [0.05, 0.1) is 0 Å². The van der Waals surface area contributed by atoms with Crippen LogP contribution >= 0.6 is 0 Å². The maximum Gasteiger partial charge on any atom is 0.0234 e. The topological polar surface area (TPSA) is 6.48 Å². The first kappa shape index (κ1) is 12.2. The molecule has 2 nitrogen and oxygen atoms in total. The van der Waals surface area contributed by atoms with E-state index in [-0.39, 0.29) is 0 Å². The lowest BCUT2D eigenvalue weighted by Crippen LogP contribution is -2.36. The van der Waals surface area contributed by atoms with Crippen LogP contribution in [0.25, 0.3) is 0 Å². The molecule has 2 heterocycles. The lowest BCUT2D eigenvalue weighted by molar-refractivity contribution is 0.215. The summed E-state index contributed by atoms with van der Waals surface area (Å²) in [7, 11) is 0. The second-order valence-electron chi connectivity index (χ2n) is 5.91. The van der Waals surface area contributed by atoms with Gasteiger partial charge >= 0.3 is 0 Å². The van der Waals surface area contributed by atoms with Crippen molar-refractivity contribution in [3.63, 3.8) is 0 Å². The standard InChI is InChI=1S/C16H24N2/c1-14-5-2-6-15(11-14)12-17-8-4-10-18-9-3-7-16(18)13-17/h2,5-6,11,16H,3-4,7-10,12-13H2,1H3. The molecule has 0 amide bonds. The van der Waals surface area contributed by atoms with E-state index in [1.165, 1.54) is 56.6 Å². The van der Waals surface area contributed by atoms with E-state index < -0.39 is 0 Å². The van der Waals surface area contributed by atoms with Gasteiger partial charge < -0.3 is 0 Å². The van der Waals surface area contributed by atoms with Gasteiger partial charge in [-0.1, -0.05) is 29.8 Å². The van der Waals surface area contributed by atoms with Gasteiger partial charge in [-0.05, 0) is 51.4 Å². The number of rotatable bonds is 2. The van der Waals surface area contributed by atoms with E-state index in [0.29, 0.717) is 0 Å². The fourth-order valence-electron chi connectivity index (χ4n) is 3.50. The van der Waals surface area contributed by atoms with Crippen molar-refractivity contribution in [3.8, 4) is 0 Å². The van der Waals surface area contributed by atoms with Crippen molar-refractivity contribution < 1.29 is 0 Å². The lowest BCUT2D eigenvalue weighted by Gasteiger charge is -2.25. The van der Waals surface area contributed by atoms with Crippen molar-refractivity contribution in [2.75, 3.05) is 26.2 Å². The van der Waals surface area contributed by atoms with E-state index in [1.807, 2.05) is 0 Å². The highest BCUT2D eigenvalue weighted by Crippen LogP contribution is 2.22. The summed E-state index contributed by atoms with van der Waals surface area (Å²) in [5.41, 5.74) is 2.85. The molecule has 0 saturated carbocycles. The molecule has 1 atom stereocenters. The largest absolute Gasteiger partial charge is 0.299 e. The Bertz CT molecular complexity index is 402. The molecule has 2 heteroatoms. The van der Waals surface area contributed by atoms with Crippen LogP contribution in [0.3, 0.4) is 0 Å². The molecule has 0 N–H and O–H groups in total. The van der Waals surface area contributed by atoms with E-state index in [1.54, 1.807) is 0 Å². The molecule has 18 heavy (non-hydrogen) atoms. The predicted molar refractivity (Wildman–Crippen MR) is 75.7 cm³/mol. The van der Waals surface area contributed by atoms with Crippen molar-refractivity contribution in [2.45, 2.75) is 38.8 Å². The first-order valence-electron chi connectivity index (χ1n) is 7.33. The summed E-state index contributed by atoms with van der Waals surface area (Å²) in [5.74, 6) is 0. The molecule has 98 valence electrons. The zero-order valence-corrected chi connectivity index (χ0v) is 11.4. The van der Waals surface area contributed by atoms with Gasteiger partial charge in [0.1, 0.15) is 0 Å². The highest BCUT2D eigenvalue weighted by molar-refractivity contribution is 5.22.